The Morgan fingerprint density at radius 1 is 1.10 bits per heavy atom. The van der Waals surface area contributed by atoms with E-state index in [1.807, 2.05) is 0 Å². The molecule has 11 nitrogen and oxygen atoms in total. The van der Waals surface area contributed by atoms with E-state index in [2.05, 4.69) is 10.2 Å². The average molecular weight is 429 g/mol. The van der Waals surface area contributed by atoms with Crippen molar-refractivity contribution in [2.24, 2.45) is 14.1 Å². The van der Waals surface area contributed by atoms with Gasteiger partial charge < -0.3 is 14.5 Å². The molecular formula is C20H23N5O6. The maximum absolute atomic E-state index is 12.9. The molecule has 0 spiro atoms. The zero-order valence-electron chi connectivity index (χ0n) is 17.3. The highest BCUT2D eigenvalue weighted by Gasteiger charge is 2.23. The van der Waals surface area contributed by atoms with Gasteiger partial charge in [0.2, 0.25) is 11.6 Å². The molecule has 4 rings (SSSR count). The van der Waals surface area contributed by atoms with Gasteiger partial charge in [-0.3, -0.25) is 28.9 Å². The number of aromatic nitrogens is 2. The lowest BCUT2D eigenvalue weighted by molar-refractivity contribution is -0.384. The fourth-order valence-electron chi connectivity index (χ4n) is 3.72. The minimum Gasteiger partial charge on any atom is -0.423 e. The third-order valence-electron chi connectivity index (χ3n) is 5.47. The molecule has 0 atom stereocenters. The Morgan fingerprint density at radius 2 is 1.77 bits per heavy atom. The highest BCUT2D eigenvalue weighted by atomic mass is 16.6. The maximum Gasteiger partial charge on any atom is 0.333 e. The van der Waals surface area contributed by atoms with E-state index in [4.69, 9.17) is 9.15 Å². The lowest BCUT2D eigenvalue weighted by Crippen LogP contribution is -2.39. The molecule has 31 heavy (non-hydrogen) atoms. The largest absolute Gasteiger partial charge is 0.423 e. The topological polar surface area (TPSA) is 125 Å². The van der Waals surface area contributed by atoms with E-state index in [0.29, 0.717) is 36.8 Å². The van der Waals surface area contributed by atoms with Crippen LogP contribution in [0.2, 0.25) is 0 Å². The number of furan rings is 1. The number of nitro groups is 1. The van der Waals surface area contributed by atoms with Gasteiger partial charge in [0.1, 0.15) is 5.39 Å². The van der Waals surface area contributed by atoms with E-state index >= 15 is 0 Å². The number of hydrogen-bond acceptors (Lipinski definition) is 8. The van der Waals surface area contributed by atoms with Gasteiger partial charge in [-0.2, -0.15) is 0 Å². The van der Waals surface area contributed by atoms with Gasteiger partial charge in [0.25, 0.3) is 11.2 Å². The average Bonchev–Trinajstić information content (AvgIpc) is 3.16. The minimum absolute atomic E-state index is 0.0568. The fourth-order valence-corrected chi connectivity index (χ4v) is 3.72. The standard InChI is InChI=1S/C20H23N5O6/c1-22-18(26)16-15(13-3-5-14(6-4-13)25(28)29)17(31-19(16)23(2)20(22)27)21-7-8-24-9-11-30-12-10-24/h3-6,21H,7-12H2,1-2H3. The molecule has 11 heteroatoms. The van der Waals surface area contributed by atoms with Gasteiger partial charge in [0.05, 0.1) is 23.7 Å². The van der Waals surface area contributed by atoms with Crippen LogP contribution in [0.25, 0.3) is 22.2 Å². The first-order valence-corrected chi connectivity index (χ1v) is 9.90. The lowest BCUT2D eigenvalue weighted by Gasteiger charge is -2.26. The Balaban J connectivity index is 1.78. The van der Waals surface area contributed by atoms with E-state index in [-0.39, 0.29) is 16.8 Å². The molecular weight excluding hydrogens is 406 g/mol. The van der Waals surface area contributed by atoms with Crippen molar-refractivity contribution in [1.29, 1.82) is 0 Å². The number of nitrogens with one attached hydrogen (secondary N) is 1. The quantitative estimate of drug-likeness (QED) is 0.457. The van der Waals surface area contributed by atoms with Crippen molar-refractivity contribution >= 4 is 22.7 Å². The van der Waals surface area contributed by atoms with Crippen LogP contribution in [0.1, 0.15) is 0 Å². The highest BCUT2D eigenvalue weighted by molar-refractivity contribution is 5.98. The second kappa shape index (κ2) is 8.36. The van der Waals surface area contributed by atoms with Gasteiger partial charge in [-0.15, -0.1) is 0 Å². The molecule has 0 saturated carbocycles. The zero-order chi connectivity index (χ0) is 22.1. The summed E-state index contributed by atoms with van der Waals surface area (Å²) in [5.41, 5.74) is 0.156. The van der Waals surface area contributed by atoms with Crippen molar-refractivity contribution < 1.29 is 14.1 Å². The third kappa shape index (κ3) is 3.84. The summed E-state index contributed by atoms with van der Waals surface area (Å²) in [4.78, 5) is 38.1. The lowest BCUT2D eigenvalue weighted by atomic mass is 10.0. The molecule has 1 aromatic carbocycles. The monoisotopic (exact) mass is 429 g/mol. The van der Waals surface area contributed by atoms with Crippen LogP contribution in [0.15, 0.2) is 38.3 Å². The fraction of sp³-hybridized carbons (Fsp3) is 0.400. The van der Waals surface area contributed by atoms with Crippen LogP contribution in [0.5, 0.6) is 0 Å². The number of non-ortho nitro benzene ring substituents is 1. The predicted molar refractivity (Wildman–Crippen MR) is 115 cm³/mol. The Hall–Kier alpha value is -3.44. The number of fused-ring (bicyclic) bond motifs is 1. The first kappa shape index (κ1) is 20.8. The van der Waals surface area contributed by atoms with Crippen LogP contribution in [0, 0.1) is 10.1 Å². The van der Waals surface area contributed by atoms with Crippen molar-refractivity contribution in [1.82, 2.24) is 14.0 Å². The number of ether oxygens (including phenoxy) is 1. The molecule has 1 fully saturated rings. The summed E-state index contributed by atoms with van der Waals surface area (Å²) in [6.45, 7) is 4.36. The summed E-state index contributed by atoms with van der Waals surface area (Å²) in [5, 5.41) is 14.5. The molecule has 1 aliphatic rings. The molecule has 3 heterocycles. The Morgan fingerprint density at radius 3 is 2.42 bits per heavy atom. The van der Waals surface area contributed by atoms with Crippen LogP contribution >= 0.6 is 0 Å². The molecule has 0 amide bonds. The molecule has 0 bridgehead atoms. The first-order chi connectivity index (χ1) is 14.9. The van der Waals surface area contributed by atoms with Gasteiger partial charge in [0, 0.05) is 52.4 Å². The maximum atomic E-state index is 12.9. The third-order valence-corrected chi connectivity index (χ3v) is 5.47. The van der Waals surface area contributed by atoms with Crippen molar-refractivity contribution in [2.45, 2.75) is 0 Å². The number of morpholine rings is 1. The van der Waals surface area contributed by atoms with Gasteiger partial charge in [-0.1, -0.05) is 0 Å². The minimum atomic E-state index is -0.499. The molecule has 1 saturated heterocycles. The number of anilines is 1. The number of rotatable bonds is 6. The molecule has 164 valence electrons. The second-order valence-corrected chi connectivity index (χ2v) is 7.38. The normalized spacial score (nSPS) is 14.8. The number of hydrogen-bond donors (Lipinski definition) is 1. The smallest absolute Gasteiger partial charge is 0.333 e. The Labute approximate surface area is 176 Å². The van der Waals surface area contributed by atoms with Crippen LogP contribution < -0.4 is 16.6 Å². The summed E-state index contributed by atoms with van der Waals surface area (Å²) in [6.07, 6.45) is 0. The van der Waals surface area contributed by atoms with E-state index in [1.54, 1.807) is 12.1 Å². The molecule has 0 unspecified atom stereocenters. The number of aryl methyl sites for hydroxylation is 1. The van der Waals surface area contributed by atoms with Gasteiger partial charge >= 0.3 is 5.69 Å². The zero-order valence-corrected chi connectivity index (χ0v) is 17.3. The molecule has 0 aliphatic carbocycles. The number of nitro benzene ring substituents is 1. The number of benzene rings is 1. The predicted octanol–water partition coefficient (Wildman–Crippen LogP) is 1.15. The van der Waals surface area contributed by atoms with Crippen LogP contribution in [-0.4, -0.2) is 58.4 Å². The highest BCUT2D eigenvalue weighted by Crippen LogP contribution is 2.36. The van der Waals surface area contributed by atoms with Crippen LogP contribution in [0.3, 0.4) is 0 Å². The van der Waals surface area contributed by atoms with Gasteiger partial charge in [-0.05, 0) is 17.7 Å². The summed E-state index contributed by atoms with van der Waals surface area (Å²) in [5.74, 6) is 0.343. The SMILES string of the molecule is Cn1c(=O)c2c(-c3ccc([N+](=O)[O-])cc3)c(NCCN3CCOCC3)oc2n(C)c1=O. The van der Waals surface area contributed by atoms with Crippen molar-refractivity contribution in [3.05, 3.63) is 55.2 Å². The Kier molecular flexibility index (Phi) is 5.61. The van der Waals surface area contributed by atoms with E-state index < -0.39 is 16.2 Å². The summed E-state index contributed by atoms with van der Waals surface area (Å²) < 4.78 is 13.6. The van der Waals surface area contributed by atoms with E-state index in [0.717, 1.165) is 24.2 Å². The van der Waals surface area contributed by atoms with Gasteiger partial charge in [0.15, 0.2) is 0 Å². The van der Waals surface area contributed by atoms with Crippen molar-refractivity contribution in [3.8, 4) is 11.1 Å². The summed E-state index contributed by atoms with van der Waals surface area (Å²) >= 11 is 0. The van der Waals surface area contributed by atoms with Crippen molar-refractivity contribution in [2.75, 3.05) is 44.7 Å². The molecule has 3 aromatic rings. The first-order valence-electron chi connectivity index (χ1n) is 9.90. The Bertz CT molecular complexity index is 1230. The second-order valence-electron chi connectivity index (χ2n) is 7.38. The summed E-state index contributed by atoms with van der Waals surface area (Å²) in [6, 6.07) is 5.89. The molecule has 0 radical (unpaired) electrons. The van der Waals surface area contributed by atoms with Gasteiger partial charge in [-0.25, -0.2) is 4.79 Å². The van der Waals surface area contributed by atoms with E-state index in [9.17, 15) is 19.7 Å². The van der Waals surface area contributed by atoms with Crippen molar-refractivity contribution in [3.63, 3.8) is 0 Å². The summed E-state index contributed by atoms with van der Waals surface area (Å²) in [7, 11) is 2.94. The molecule has 2 aromatic heterocycles. The molecule has 1 aliphatic heterocycles. The van der Waals surface area contributed by atoms with Crippen LogP contribution in [-0.2, 0) is 18.8 Å². The van der Waals surface area contributed by atoms with Crippen LogP contribution in [0.4, 0.5) is 11.6 Å². The number of nitrogens with zero attached hydrogens (tertiary/aromatic N) is 4. The molecule has 1 N–H and O–H groups in total. The van der Waals surface area contributed by atoms with E-state index in [1.165, 1.54) is 30.8 Å².